The molecule has 0 radical (unpaired) electrons. The smallest absolute Gasteiger partial charge is 0.315 e. The number of anilines is 2. The van der Waals surface area contributed by atoms with Crippen molar-refractivity contribution in [2.24, 2.45) is 0 Å². The van der Waals surface area contributed by atoms with E-state index in [9.17, 15) is 25.2 Å². The van der Waals surface area contributed by atoms with Gasteiger partial charge in [-0.1, -0.05) is 30.3 Å². The number of hydrogen-bond acceptors (Lipinski definition) is 13. The highest BCUT2D eigenvalue weighted by Gasteiger charge is 2.45. The van der Waals surface area contributed by atoms with Crippen LogP contribution < -0.4 is 20.9 Å². The van der Waals surface area contributed by atoms with Crippen molar-refractivity contribution in [1.29, 1.82) is 0 Å². The van der Waals surface area contributed by atoms with Gasteiger partial charge in [0.05, 0.1) is 37.8 Å². The second kappa shape index (κ2) is 14.2. The van der Waals surface area contributed by atoms with Crippen molar-refractivity contribution in [2.45, 2.75) is 74.7 Å². The molecule has 7 atom stereocenters. The molecule has 262 valence electrons. The summed E-state index contributed by atoms with van der Waals surface area (Å²) in [5.41, 5.74) is 2.31. The molecule has 0 spiro atoms. The van der Waals surface area contributed by atoms with Crippen molar-refractivity contribution in [3.05, 3.63) is 54.1 Å². The molecule has 49 heavy (non-hydrogen) atoms. The second-order valence-electron chi connectivity index (χ2n) is 13.4. The van der Waals surface area contributed by atoms with Gasteiger partial charge in [-0.3, -0.25) is 0 Å². The van der Waals surface area contributed by atoms with E-state index in [2.05, 4.69) is 36.0 Å². The van der Waals surface area contributed by atoms with Crippen molar-refractivity contribution in [2.75, 3.05) is 50.1 Å². The Bertz CT molecular complexity index is 1740. The summed E-state index contributed by atoms with van der Waals surface area (Å²) in [5.74, 6) is 0.848. The Morgan fingerprint density at radius 2 is 1.76 bits per heavy atom. The van der Waals surface area contributed by atoms with E-state index in [1.54, 1.807) is 10.9 Å². The molecule has 7 rings (SSSR count). The Morgan fingerprint density at radius 1 is 1.00 bits per heavy atom. The molecule has 17 heteroatoms. The zero-order chi connectivity index (χ0) is 34.1. The van der Waals surface area contributed by atoms with E-state index < -0.39 is 24.3 Å². The Labute approximate surface area is 283 Å². The summed E-state index contributed by atoms with van der Waals surface area (Å²) in [5, 5.41) is 60.1. The lowest BCUT2D eigenvalue weighted by Gasteiger charge is -2.22. The number of aromatic nitrogens is 7. The third-order valence-electron chi connectivity index (χ3n) is 9.82. The molecule has 0 unspecified atom stereocenters. The average Bonchev–Trinajstić information content (AvgIpc) is 3.95. The first-order valence-corrected chi connectivity index (χ1v) is 16.8. The molecule has 3 aliphatic rings. The van der Waals surface area contributed by atoms with Crippen LogP contribution in [0.1, 0.15) is 42.6 Å². The van der Waals surface area contributed by atoms with Gasteiger partial charge in [0.25, 0.3) is 0 Å². The van der Waals surface area contributed by atoms with Crippen LogP contribution in [-0.2, 0) is 13.0 Å². The number of aliphatic hydroxyl groups is 4. The highest BCUT2D eigenvalue weighted by Crippen LogP contribution is 2.40. The highest BCUT2D eigenvalue weighted by atomic mass is 16.3. The average molecular weight is 677 g/mol. The van der Waals surface area contributed by atoms with Crippen LogP contribution in [0, 0.1) is 0 Å². The number of nitrogens with zero attached hydrogens (tertiary/aromatic N) is 9. The fourth-order valence-corrected chi connectivity index (χ4v) is 7.20. The minimum Gasteiger partial charge on any atom is -0.394 e. The SMILES string of the molecule is CN1CC[C@@H](NC(=O)N[C@@H]2CCN(c3nc(N[C@H](CO)Cc4ccccc4)c4ncn([C@@H]5C[C@H](n6ncc(CO)n6)[C@@H](O)[C@H]5O)c4n3)C2)C1. The summed E-state index contributed by atoms with van der Waals surface area (Å²) in [4.78, 5) is 32.8. The molecule has 3 fully saturated rings. The van der Waals surface area contributed by atoms with Gasteiger partial charge in [0.1, 0.15) is 23.9 Å². The number of nitrogens with one attached hydrogen (secondary N) is 3. The van der Waals surface area contributed by atoms with E-state index in [1.165, 1.54) is 11.0 Å². The quantitative estimate of drug-likeness (QED) is 0.106. The maximum Gasteiger partial charge on any atom is 0.315 e. The minimum absolute atomic E-state index is 0.110. The summed E-state index contributed by atoms with van der Waals surface area (Å²) in [7, 11) is 2.04. The van der Waals surface area contributed by atoms with Gasteiger partial charge < -0.3 is 50.7 Å². The molecule has 0 bridgehead atoms. The predicted octanol–water partition coefficient (Wildman–Crippen LogP) is -0.584. The molecule has 2 aliphatic heterocycles. The molecule has 4 aromatic rings. The first-order valence-electron chi connectivity index (χ1n) is 16.8. The van der Waals surface area contributed by atoms with E-state index in [-0.39, 0.29) is 43.8 Å². The standard InChI is InChI=1S/C32H44N12O5/c1-41-9-7-20(14-41)36-32(49)37-21-8-10-42(15-21)31-38-29(35-22(16-45)11-19-5-3-2-4-6-19)26-30(39-31)43(18-33-26)24-12-25(28(48)27(24)47)44-34-13-23(17-46)40-44/h2-6,13,18,20-22,24-25,27-28,45-48H,7-12,14-17H2,1H3,(H,35,38,39)(H2,36,37,49)/t20-,21-,22+,24-,25+,27+,28-/m1/s1. The Hall–Kier alpha value is -4.42. The molecular formula is C32H44N12O5. The molecule has 2 amide bonds. The molecular weight excluding hydrogens is 632 g/mol. The molecule has 1 aliphatic carbocycles. The van der Waals surface area contributed by atoms with E-state index in [4.69, 9.17) is 9.97 Å². The van der Waals surface area contributed by atoms with Crippen LogP contribution in [0.4, 0.5) is 16.6 Å². The molecule has 3 aromatic heterocycles. The number of rotatable bonds is 11. The molecule has 1 aromatic carbocycles. The van der Waals surface area contributed by atoms with Gasteiger partial charge in [0.15, 0.2) is 17.0 Å². The van der Waals surface area contributed by atoms with Crippen LogP contribution >= 0.6 is 0 Å². The number of aliphatic hydroxyl groups excluding tert-OH is 4. The van der Waals surface area contributed by atoms with E-state index in [0.29, 0.717) is 54.6 Å². The Kier molecular flexibility index (Phi) is 9.59. The number of carbonyl (C=O) groups excluding carboxylic acids is 1. The van der Waals surface area contributed by atoms with Gasteiger partial charge in [-0.2, -0.15) is 25.0 Å². The minimum atomic E-state index is -1.18. The van der Waals surface area contributed by atoms with Gasteiger partial charge in [-0.25, -0.2) is 9.78 Å². The number of amides is 2. The summed E-state index contributed by atoms with van der Waals surface area (Å²) >= 11 is 0. The van der Waals surface area contributed by atoms with Gasteiger partial charge in [0, 0.05) is 31.7 Å². The Morgan fingerprint density at radius 3 is 2.47 bits per heavy atom. The molecule has 2 saturated heterocycles. The Balaban J connectivity index is 1.16. The lowest BCUT2D eigenvalue weighted by Crippen LogP contribution is -2.47. The van der Waals surface area contributed by atoms with Crippen LogP contribution in [0.5, 0.6) is 0 Å². The third kappa shape index (κ3) is 7.02. The first kappa shape index (κ1) is 33.1. The highest BCUT2D eigenvalue weighted by molar-refractivity contribution is 5.85. The van der Waals surface area contributed by atoms with Crippen LogP contribution in [0.3, 0.4) is 0 Å². The topological polar surface area (TPSA) is 215 Å². The summed E-state index contributed by atoms with van der Waals surface area (Å²) < 4.78 is 1.75. The zero-order valence-corrected chi connectivity index (χ0v) is 27.4. The van der Waals surface area contributed by atoms with Crippen LogP contribution in [0.25, 0.3) is 11.2 Å². The van der Waals surface area contributed by atoms with Crippen LogP contribution in [0.15, 0.2) is 42.9 Å². The fraction of sp³-hybridized carbons (Fsp3) is 0.562. The number of benzene rings is 1. The number of imidazole rings is 1. The number of urea groups is 1. The zero-order valence-electron chi connectivity index (χ0n) is 27.4. The largest absolute Gasteiger partial charge is 0.394 e. The van der Waals surface area contributed by atoms with Crippen LogP contribution in [-0.4, -0.2) is 136 Å². The van der Waals surface area contributed by atoms with Gasteiger partial charge in [-0.05, 0) is 44.8 Å². The van der Waals surface area contributed by atoms with Crippen LogP contribution in [0.2, 0.25) is 0 Å². The monoisotopic (exact) mass is 676 g/mol. The lowest BCUT2D eigenvalue weighted by atomic mass is 10.1. The van der Waals surface area contributed by atoms with E-state index >= 15 is 0 Å². The van der Waals surface area contributed by atoms with Gasteiger partial charge in [-0.15, -0.1) is 0 Å². The van der Waals surface area contributed by atoms with Crippen molar-refractivity contribution in [3.63, 3.8) is 0 Å². The number of likely N-dealkylation sites (N-methyl/N-ethyl adjacent to an activating group) is 1. The normalized spacial score (nSPS) is 26.4. The fourth-order valence-electron chi connectivity index (χ4n) is 7.20. The van der Waals surface area contributed by atoms with E-state index in [1.807, 2.05) is 42.3 Å². The van der Waals surface area contributed by atoms with Crippen molar-refractivity contribution in [3.8, 4) is 0 Å². The summed E-state index contributed by atoms with van der Waals surface area (Å²) in [6.45, 7) is 2.45. The first-order chi connectivity index (χ1) is 23.8. The molecule has 5 heterocycles. The number of likely N-dealkylation sites (tertiary alicyclic amines) is 1. The molecule has 1 saturated carbocycles. The van der Waals surface area contributed by atoms with Gasteiger partial charge >= 0.3 is 6.03 Å². The molecule has 7 N–H and O–H groups in total. The maximum atomic E-state index is 12.8. The molecule has 17 nitrogen and oxygen atoms in total. The van der Waals surface area contributed by atoms with Crippen molar-refractivity contribution >= 4 is 29.0 Å². The number of hydrogen-bond donors (Lipinski definition) is 7. The van der Waals surface area contributed by atoms with Crippen molar-refractivity contribution in [1.82, 2.24) is 50.0 Å². The predicted molar refractivity (Wildman–Crippen MR) is 179 cm³/mol. The maximum absolute atomic E-state index is 12.8. The number of carbonyl (C=O) groups is 1. The summed E-state index contributed by atoms with van der Waals surface area (Å²) in [6, 6.07) is 8.05. The second-order valence-corrected chi connectivity index (χ2v) is 13.4. The van der Waals surface area contributed by atoms with E-state index in [0.717, 1.165) is 25.1 Å². The third-order valence-corrected chi connectivity index (χ3v) is 9.82. The number of fused-ring (bicyclic) bond motifs is 1. The van der Waals surface area contributed by atoms with Crippen molar-refractivity contribution < 1.29 is 25.2 Å². The lowest BCUT2D eigenvalue weighted by molar-refractivity contribution is 0.00491. The summed E-state index contributed by atoms with van der Waals surface area (Å²) in [6.07, 6.45) is 3.11. The van der Waals surface area contributed by atoms with Gasteiger partial charge in [0.2, 0.25) is 5.95 Å².